The van der Waals surface area contributed by atoms with Crippen LogP contribution < -0.4 is 0 Å². The van der Waals surface area contributed by atoms with Crippen LogP contribution in [0.4, 0.5) is 0 Å². The quantitative estimate of drug-likeness (QED) is 0.371. The lowest BCUT2D eigenvalue weighted by molar-refractivity contribution is 1.50. The Bertz CT molecular complexity index is 158. The molecule has 0 aromatic heterocycles. The predicted molar refractivity (Wildman–Crippen MR) is 40.5 cm³/mol. The Kier molecular flexibility index (Phi) is 1.81. The van der Waals surface area contributed by atoms with Gasteiger partial charge in [-0.05, 0) is 6.08 Å². The van der Waals surface area contributed by atoms with E-state index < -0.39 is 0 Å². The van der Waals surface area contributed by atoms with Gasteiger partial charge in [0.25, 0.3) is 0 Å². The Morgan fingerprint density at radius 3 is 2.62 bits per heavy atom. The molecule has 1 unspecified atom stereocenters. The molecule has 0 spiro atoms. The first kappa shape index (κ1) is 5.99. The minimum atomic E-state index is -0.0602. The number of thiocarbonyl (C=S) groups is 1. The van der Waals surface area contributed by atoms with Crippen molar-refractivity contribution in [2.24, 2.45) is 0 Å². The van der Waals surface area contributed by atoms with Crippen molar-refractivity contribution in [2.45, 2.75) is 5.38 Å². The Labute approximate surface area is 58.8 Å². The molecule has 0 radical (unpaired) electrons. The third kappa shape index (κ3) is 1.17. The number of rotatable bonds is 0. The molecule has 0 aliphatic heterocycles. The van der Waals surface area contributed by atoms with Crippen LogP contribution >= 0.6 is 23.8 Å². The zero-order valence-electron chi connectivity index (χ0n) is 4.17. The Morgan fingerprint density at radius 1 is 1.50 bits per heavy atom. The van der Waals surface area contributed by atoms with Crippen molar-refractivity contribution in [3.63, 3.8) is 0 Å². The summed E-state index contributed by atoms with van der Waals surface area (Å²) >= 11 is 10.5. The third-order valence-corrected chi connectivity index (χ3v) is 1.82. The summed E-state index contributed by atoms with van der Waals surface area (Å²) in [5, 5.41) is -0.0602. The van der Waals surface area contributed by atoms with Crippen LogP contribution in [0.3, 0.4) is 0 Å². The van der Waals surface area contributed by atoms with Crippen LogP contribution in [0.1, 0.15) is 0 Å². The highest BCUT2D eigenvalue weighted by Crippen LogP contribution is 2.07. The molecule has 1 rings (SSSR count). The number of halogens is 1. The zero-order chi connectivity index (χ0) is 5.98. The van der Waals surface area contributed by atoms with E-state index >= 15 is 0 Å². The first-order valence-electron chi connectivity index (χ1n) is 2.33. The Hall–Kier alpha value is -0.140. The summed E-state index contributed by atoms with van der Waals surface area (Å²) in [6, 6.07) is 0. The molecule has 0 bridgehead atoms. The van der Waals surface area contributed by atoms with E-state index in [9.17, 15) is 0 Å². The number of hydrogen-bond donors (Lipinski definition) is 0. The summed E-state index contributed by atoms with van der Waals surface area (Å²) in [6.07, 6.45) is 7.49. The lowest BCUT2D eigenvalue weighted by Gasteiger charge is -2.02. The van der Waals surface area contributed by atoms with E-state index in [1.165, 1.54) is 0 Å². The van der Waals surface area contributed by atoms with Crippen molar-refractivity contribution < 1.29 is 0 Å². The molecule has 0 saturated heterocycles. The molecule has 0 heterocycles. The van der Waals surface area contributed by atoms with Crippen molar-refractivity contribution in [1.82, 2.24) is 0 Å². The van der Waals surface area contributed by atoms with Crippen LogP contribution in [0.25, 0.3) is 0 Å². The molecule has 0 nitrogen and oxygen atoms in total. The molecule has 0 aromatic carbocycles. The second-order valence-corrected chi connectivity index (χ2v) is 2.49. The normalized spacial score (nSPS) is 26.6. The SMILES string of the molecule is S=C1C=CC=CC1Cl. The molecule has 1 aliphatic carbocycles. The van der Waals surface area contributed by atoms with Crippen LogP contribution in [-0.4, -0.2) is 10.2 Å². The monoisotopic (exact) mass is 144 g/mol. The fraction of sp³-hybridized carbons (Fsp3) is 0.167. The highest BCUT2D eigenvalue weighted by atomic mass is 35.5. The lowest BCUT2D eigenvalue weighted by atomic mass is 10.2. The van der Waals surface area contributed by atoms with E-state index in [-0.39, 0.29) is 5.38 Å². The van der Waals surface area contributed by atoms with Gasteiger partial charge in [-0.15, -0.1) is 11.6 Å². The molecule has 1 aliphatic rings. The standard InChI is InChI=1S/C6H5ClS/c7-5-3-1-2-4-6(5)8/h1-5H. The molecule has 0 aromatic rings. The molecule has 8 heavy (non-hydrogen) atoms. The van der Waals surface area contributed by atoms with Crippen LogP contribution in [0.5, 0.6) is 0 Å². The second-order valence-electron chi connectivity index (χ2n) is 1.55. The average molecular weight is 145 g/mol. The zero-order valence-corrected chi connectivity index (χ0v) is 5.75. The highest BCUT2D eigenvalue weighted by molar-refractivity contribution is 7.81. The van der Waals surface area contributed by atoms with Crippen LogP contribution in [0.2, 0.25) is 0 Å². The maximum absolute atomic E-state index is 5.69. The fourth-order valence-corrected chi connectivity index (χ4v) is 0.813. The summed E-state index contributed by atoms with van der Waals surface area (Å²) in [6.45, 7) is 0. The molecule has 0 N–H and O–H groups in total. The van der Waals surface area contributed by atoms with E-state index in [4.69, 9.17) is 23.8 Å². The van der Waals surface area contributed by atoms with Gasteiger partial charge in [0.2, 0.25) is 0 Å². The fourth-order valence-electron chi connectivity index (χ4n) is 0.499. The van der Waals surface area contributed by atoms with Crippen LogP contribution in [-0.2, 0) is 0 Å². The maximum atomic E-state index is 5.69. The van der Waals surface area contributed by atoms with Gasteiger partial charge in [-0.25, -0.2) is 0 Å². The second kappa shape index (κ2) is 2.42. The molecule has 0 fully saturated rings. The molecule has 2 heteroatoms. The molecule has 0 amide bonds. The topological polar surface area (TPSA) is 0 Å². The van der Waals surface area contributed by atoms with E-state index in [0.29, 0.717) is 0 Å². The van der Waals surface area contributed by atoms with Crippen molar-refractivity contribution in [3.05, 3.63) is 24.3 Å². The number of alkyl halides is 1. The van der Waals surface area contributed by atoms with Crippen LogP contribution in [0, 0.1) is 0 Å². The van der Waals surface area contributed by atoms with Gasteiger partial charge in [0.15, 0.2) is 0 Å². The minimum Gasteiger partial charge on any atom is -0.112 e. The highest BCUT2D eigenvalue weighted by Gasteiger charge is 2.04. The Morgan fingerprint density at radius 2 is 2.25 bits per heavy atom. The largest absolute Gasteiger partial charge is 0.112 e. The summed E-state index contributed by atoms with van der Waals surface area (Å²) < 4.78 is 0. The third-order valence-electron chi connectivity index (χ3n) is 0.923. The maximum Gasteiger partial charge on any atom is 0.0870 e. The van der Waals surface area contributed by atoms with Gasteiger partial charge in [0, 0.05) is 4.86 Å². The van der Waals surface area contributed by atoms with Crippen LogP contribution in [0.15, 0.2) is 24.3 Å². The first-order chi connectivity index (χ1) is 3.80. The number of allylic oxidation sites excluding steroid dienone is 4. The van der Waals surface area contributed by atoms with Gasteiger partial charge in [-0.2, -0.15) is 0 Å². The van der Waals surface area contributed by atoms with Crippen molar-refractivity contribution in [3.8, 4) is 0 Å². The summed E-state index contributed by atoms with van der Waals surface area (Å²) in [5.41, 5.74) is 0. The van der Waals surface area contributed by atoms with Crippen molar-refractivity contribution in [1.29, 1.82) is 0 Å². The van der Waals surface area contributed by atoms with E-state index in [2.05, 4.69) is 0 Å². The van der Waals surface area contributed by atoms with Gasteiger partial charge in [-0.1, -0.05) is 30.4 Å². The van der Waals surface area contributed by atoms with Gasteiger partial charge in [-0.3, -0.25) is 0 Å². The minimum absolute atomic E-state index is 0.0602. The molecule has 1 atom stereocenters. The van der Waals surface area contributed by atoms with Gasteiger partial charge >= 0.3 is 0 Å². The smallest absolute Gasteiger partial charge is 0.0870 e. The van der Waals surface area contributed by atoms with Gasteiger partial charge in [0.1, 0.15) is 0 Å². The van der Waals surface area contributed by atoms with Gasteiger partial charge in [0.05, 0.1) is 5.38 Å². The lowest BCUT2D eigenvalue weighted by Crippen LogP contribution is -2.07. The first-order valence-corrected chi connectivity index (χ1v) is 3.18. The molecule has 0 saturated carbocycles. The molecular weight excluding hydrogens is 140 g/mol. The molecule has 42 valence electrons. The van der Waals surface area contributed by atoms with Gasteiger partial charge < -0.3 is 0 Å². The van der Waals surface area contributed by atoms with Crippen molar-refractivity contribution in [2.75, 3.05) is 0 Å². The summed E-state index contributed by atoms with van der Waals surface area (Å²) in [4.78, 5) is 0.800. The van der Waals surface area contributed by atoms with E-state index in [0.717, 1.165) is 4.86 Å². The number of hydrogen-bond acceptors (Lipinski definition) is 1. The molecular formula is C6H5ClS. The van der Waals surface area contributed by atoms with Crippen molar-refractivity contribution >= 4 is 28.7 Å². The van der Waals surface area contributed by atoms with E-state index in [1.54, 1.807) is 0 Å². The predicted octanol–water partition coefficient (Wildman–Crippen LogP) is 2.09. The summed E-state index contributed by atoms with van der Waals surface area (Å²) in [7, 11) is 0. The average Bonchev–Trinajstić information content (AvgIpc) is 1.77. The summed E-state index contributed by atoms with van der Waals surface area (Å²) in [5.74, 6) is 0. The Balaban J connectivity index is 2.74. The van der Waals surface area contributed by atoms with E-state index in [1.807, 2.05) is 24.3 Å².